The smallest absolute Gasteiger partial charge is 0.225 e. The lowest BCUT2D eigenvalue weighted by Gasteiger charge is -2.50. The molecule has 4 fully saturated rings. The first-order valence-corrected chi connectivity index (χ1v) is 9.49. The van der Waals surface area contributed by atoms with Gasteiger partial charge in [-0.3, -0.25) is 9.69 Å². The fraction of sp³-hybridized carbons (Fsp3) is 0.944. The van der Waals surface area contributed by atoms with E-state index in [1.807, 2.05) is 0 Å². The number of carbonyl (C=O) groups is 1. The SMILES string of the molecule is O=C(C1CC2(CCNCC2)C1)N1CCCN(C2CCC2)CC1. The number of carbonyl (C=O) groups excluding carboxylic acids is 1. The van der Waals surface area contributed by atoms with Crippen molar-refractivity contribution in [1.82, 2.24) is 15.1 Å². The molecule has 0 atom stereocenters. The van der Waals surface area contributed by atoms with E-state index in [4.69, 9.17) is 0 Å². The van der Waals surface area contributed by atoms with Gasteiger partial charge in [0.1, 0.15) is 0 Å². The minimum absolute atomic E-state index is 0.341. The molecule has 0 aromatic heterocycles. The van der Waals surface area contributed by atoms with E-state index in [0.717, 1.165) is 51.6 Å². The van der Waals surface area contributed by atoms with Crippen molar-refractivity contribution < 1.29 is 4.79 Å². The molecule has 1 N–H and O–H groups in total. The molecule has 2 heterocycles. The molecule has 4 rings (SSSR count). The zero-order valence-corrected chi connectivity index (χ0v) is 13.9. The second kappa shape index (κ2) is 6.12. The summed E-state index contributed by atoms with van der Waals surface area (Å²) in [7, 11) is 0. The molecule has 2 aliphatic heterocycles. The molecule has 1 spiro atoms. The van der Waals surface area contributed by atoms with Crippen molar-refractivity contribution in [3.63, 3.8) is 0 Å². The summed E-state index contributed by atoms with van der Waals surface area (Å²) < 4.78 is 0. The number of nitrogens with zero attached hydrogens (tertiary/aromatic N) is 2. The van der Waals surface area contributed by atoms with E-state index < -0.39 is 0 Å². The van der Waals surface area contributed by atoms with Crippen LogP contribution in [0, 0.1) is 11.3 Å². The monoisotopic (exact) mass is 305 g/mol. The summed E-state index contributed by atoms with van der Waals surface area (Å²) >= 11 is 0. The predicted octanol–water partition coefficient (Wildman–Crippen LogP) is 1.85. The zero-order valence-electron chi connectivity index (χ0n) is 13.9. The number of piperidine rings is 1. The molecule has 22 heavy (non-hydrogen) atoms. The summed E-state index contributed by atoms with van der Waals surface area (Å²) in [6.07, 6.45) is 10.2. The highest BCUT2D eigenvalue weighted by molar-refractivity contribution is 5.80. The van der Waals surface area contributed by atoms with Crippen LogP contribution in [0.1, 0.15) is 51.4 Å². The summed E-state index contributed by atoms with van der Waals surface area (Å²) in [5.74, 6) is 0.813. The molecule has 4 heteroatoms. The molecular formula is C18H31N3O. The molecule has 2 aliphatic carbocycles. The van der Waals surface area contributed by atoms with Crippen molar-refractivity contribution >= 4 is 5.91 Å². The van der Waals surface area contributed by atoms with Crippen LogP contribution in [0.4, 0.5) is 0 Å². The fourth-order valence-corrected chi connectivity index (χ4v) is 5.06. The molecule has 0 aromatic rings. The summed E-state index contributed by atoms with van der Waals surface area (Å²) in [4.78, 5) is 17.6. The lowest BCUT2D eigenvalue weighted by Crippen LogP contribution is -2.51. The largest absolute Gasteiger partial charge is 0.341 e. The Bertz CT molecular complexity index is 407. The predicted molar refractivity (Wildman–Crippen MR) is 87.7 cm³/mol. The summed E-state index contributed by atoms with van der Waals surface area (Å²) in [6, 6.07) is 0.830. The van der Waals surface area contributed by atoms with Crippen LogP contribution in [0.25, 0.3) is 0 Å². The topological polar surface area (TPSA) is 35.6 Å². The maximum atomic E-state index is 12.8. The quantitative estimate of drug-likeness (QED) is 0.846. The van der Waals surface area contributed by atoms with Gasteiger partial charge in [0.05, 0.1) is 0 Å². The third kappa shape index (κ3) is 2.80. The average molecular weight is 305 g/mol. The molecule has 124 valence electrons. The Balaban J connectivity index is 1.28. The van der Waals surface area contributed by atoms with Gasteiger partial charge in [-0.2, -0.15) is 0 Å². The zero-order chi connectivity index (χ0) is 15.0. The van der Waals surface area contributed by atoms with Crippen LogP contribution < -0.4 is 5.32 Å². The molecule has 2 saturated carbocycles. The van der Waals surface area contributed by atoms with Gasteiger partial charge >= 0.3 is 0 Å². The van der Waals surface area contributed by atoms with Crippen LogP contribution >= 0.6 is 0 Å². The molecule has 1 amide bonds. The van der Waals surface area contributed by atoms with Crippen molar-refractivity contribution in [1.29, 1.82) is 0 Å². The normalized spacial score (nSPS) is 30.6. The van der Waals surface area contributed by atoms with E-state index in [1.54, 1.807) is 0 Å². The maximum absolute atomic E-state index is 12.8. The van der Waals surface area contributed by atoms with Gasteiger partial charge in [0.15, 0.2) is 0 Å². The van der Waals surface area contributed by atoms with E-state index in [-0.39, 0.29) is 0 Å². The van der Waals surface area contributed by atoms with Crippen LogP contribution in [0.15, 0.2) is 0 Å². The highest BCUT2D eigenvalue weighted by Crippen LogP contribution is 2.52. The number of nitrogens with one attached hydrogen (secondary N) is 1. The first kappa shape index (κ1) is 14.9. The Morgan fingerprint density at radius 2 is 1.73 bits per heavy atom. The second-order valence-electron chi connectivity index (χ2n) is 8.15. The van der Waals surface area contributed by atoms with Gasteiger partial charge in [0, 0.05) is 38.1 Å². The molecule has 0 radical (unpaired) electrons. The van der Waals surface area contributed by atoms with Gasteiger partial charge in [-0.05, 0) is 63.5 Å². The van der Waals surface area contributed by atoms with Crippen molar-refractivity contribution in [2.24, 2.45) is 11.3 Å². The van der Waals surface area contributed by atoms with Gasteiger partial charge in [0.2, 0.25) is 5.91 Å². The molecule has 4 nitrogen and oxygen atoms in total. The Hall–Kier alpha value is -0.610. The standard InChI is InChI=1S/C18H31N3O/c22-17(15-13-18(14-15)5-7-19-8-6-18)21-10-2-9-20(11-12-21)16-3-1-4-16/h15-16,19H,1-14H2. The van der Waals surface area contributed by atoms with Crippen LogP contribution in [-0.4, -0.2) is 61.0 Å². The lowest BCUT2D eigenvalue weighted by molar-refractivity contribution is -0.144. The van der Waals surface area contributed by atoms with Crippen LogP contribution in [0.2, 0.25) is 0 Å². The van der Waals surface area contributed by atoms with Crippen LogP contribution in [0.5, 0.6) is 0 Å². The van der Waals surface area contributed by atoms with E-state index in [1.165, 1.54) is 45.1 Å². The first-order chi connectivity index (χ1) is 10.8. The average Bonchev–Trinajstić information content (AvgIpc) is 2.69. The molecular weight excluding hydrogens is 274 g/mol. The third-order valence-electron chi connectivity index (χ3n) is 6.81. The Morgan fingerprint density at radius 1 is 0.955 bits per heavy atom. The Morgan fingerprint density at radius 3 is 2.41 bits per heavy atom. The lowest BCUT2D eigenvalue weighted by atomic mass is 9.57. The van der Waals surface area contributed by atoms with Crippen molar-refractivity contribution in [2.75, 3.05) is 39.3 Å². The highest BCUT2D eigenvalue weighted by Gasteiger charge is 2.48. The van der Waals surface area contributed by atoms with Gasteiger partial charge in [-0.25, -0.2) is 0 Å². The van der Waals surface area contributed by atoms with Crippen molar-refractivity contribution in [3.05, 3.63) is 0 Å². The minimum Gasteiger partial charge on any atom is -0.341 e. The Kier molecular flexibility index (Phi) is 4.16. The minimum atomic E-state index is 0.341. The van der Waals surface area contributed by atoms with E-state index >= 15 is 0 Å². The second-order valence-corrected chi connectivity index (χ2v) is 8.15. The Labute approximate surface area is 134 Å². The molecule has 4 aliphatic rings. The van der Waals surface area contributed by atoms with Crippen molar-refractivity contribution in [3.8, 4) is 0 Å². The molecule has 2 saturated heterocycles. The van der Waals surface area contributed by atoms with Crippen molar-refractivity contribution in [2.45, 2.75) is 57.4 Å². The molecule has 0 bridgehead atoms. The maximum Gasteiger partial charge on any atom is 0.225 e. The number of hydrogen-bond donors (Lipinski definition) is 1. The fourth-order valence-electron chi connectivity index (χ4n) is 5.06. The first-order valence-electron chi connectivity index (χ1n) is 9.49. The third-order valence-corrected chi connectivity index (χ3v) is 6.81. The summed E-state index contributed by atoms with van der Waals surface area (Å²) in [5, 5.41) is 3.45. The summed E-state index contributed by atoms with van der Waals surface area (Å²) in [5.41, 5.74) is 0.523. The highest BCUT2D eigenvalue weighted by atomic mass is 16.2. The molecule has 0 aromatic carbocycles. The molecule has 0 unspecified atom stereocenters. The van der Waals surface area contributed by atoms with Crippen LogP contribution in [-0.2, 0) is 4.79 Å². The van der Waals surface area contributed by atoms with Gasteiger partial charge in [0.25, 0.3) is 0 Å². The van der Waals surface area contributed by atoms with Crippen LogP contribution in [0.3, 0.4) is 0 Å². The van der Waals surface area contributed by atoms with Gasteiger partial charge in [-0.15, -0.1) is 0 Å². The van der Waals surface area contributed by atoms with E-state index in [9.17, 15) is 4.79 Å². The van der Waals surface area contributed by atoms with E-state index in [0.29, 0.717) is 17.2 Å². The number of amides is 1. The number of hydrogen-bond acceptors (Lipinski definition) is 3. The van der Waals surface area contributed by atoms with E-state index in [2.05, 4.69) is 15.1 Å². The number of rotatable bonds is 2. The van der Waals surface area contributed by atoms with Gasteiger partial charge < -0.3 is 10.2 Å². The van der Waals surface area contributed by atoms with Gasteiger partial charge in [-0.1, -0.05) is 6.42 Å². The summed E-state index contributed by atoms with van der Waals surface area (Å²) in [6.45, 7) is 6.59.